The molecular weight excluding hydrogens is 462 g/mol. The van der Waals surface area contributed by atoms with Gasteiger partial charge in [-0.3, -0.25) is 0 Å². The van der Waals surface area contributed by atoms with Gasteiger partial charge in [0.15, 0.2) is 0 Å². The summed E-state index contributed by atoms with van der Waals surface area (Å²) in [7, 11) is 0. The molecule has 0 radical (unpaired) electrons. The number of hydrogen-bond donors (Lipinski definition) is 0. The van der Waals surface area contributed by atoms with Gasteiger partial charge in [-0.05, 0) is 53.6 Å². The van der Waals surface area contributed by atoms with Crippen molar-refractivity contribution < 1.29 is 4.74 Å². The Kier molecular flexibility index (Phi) is 6.45. The van der Waals surface area contributed by atoms with Crippen LogP contribution in [0, 0.1) is 0 Å². The molecule has 3 aromatic carbocycles. The summed E-state index contributed by atoms with van der Waals surface area (Å²) < 4.78 is 5.98. The van der Waals surface area contributed by atoms with Crippen molar-refractivity contribution in [1.82, 2.24) is 9.97 Å². The zero-order valence-electron chi connectivity index (χ0n) is 15.4. The van der Waals surface area contributed by atoms with Crippen molar-refractivity contribution >= 4 is 69.6 Å². The second-order valence-corrected chi connectivity index (χ2v) is 8.10. The summed E-state index contributed by atoms with van der Waals surface area (Å²) in [6.45, 7) is 0.270. The SMILES string of the molecule is Clc1ccc(C=Cc2nc3ccccc3nc2OCc2ccc(Cl)c(Cl)c2)c(Cl)c1. The molecule has 0 spiro atoms. The molecule has 0 bridgehead atoms. The van der Waals surface area contributed by atoms with Crippen LogP contribution in [0.5, 0.6) is 5.88 Å². The lowest BCUT2D eigenvalue weighted by Crippen LogP contribution is -2.01. The lowest BCUT2D eigenvalue weighted by atomic mass is 10.2. The van der Waals surface area contributed by atoms with Crippen LogP contribution in [0.3, 0.4) is 0 Å². The Balaban J connectivity index is 1.68. The maximum absolute atomic E-state index is 6.27. The van der Waals surface area contributed by atoms with Crippen LogP contribution in [0.15, 0.2) is 60.7 Å². The molecule has 0 N–H and O–H groups in total. The molecule has 4 aromatic rings. The third-order valence-electron chi connectivity index (χ3n) is 4.31. The molecule has 0 fully saturated rings. The van der Waals surface area contributed by atoms with Crippen LogP contribution in [-0.2, 0) is 6.61 Å². The summed E-state index contributed by atoms with van der Waals surface area (Å²) in [5.74, 6) is 0.404. The van der Waals surface area contributed by atoms with Gasteiger partial charge in [0, 0.05) is 10.0 Å². The molecule has 0 aliphatic carbocycles. The van der Waals surface area contributed by atoms with Crippen molar-refractivity contribution in [3.8, 4) is 5.88 Å². The van der Waals surface area contributed by atoms with Crippen LogP contribution in [0.1, 0.15) is 16.8 Å². The Morgan fingerprint density at radius 1 is 0.733 bits per heavy atom. The topological polar surface area (TPSA) is 35.0 Å². The normalized spacial score (nSPS) is 11.3. The molecule has 30 heavy (non-hydrogen) atoms. The first kappa shape index (κ1) is 21.0. The van der Waals surface area contributed by atoms with Crippen LogP contribution < -0.4 is 4.74 Å². The molecule has 0 unspecified atom stereocenters. The van der Waals surface area contributed by atoms with Crippen molar-refractivity contribution in [2.24, 2.45) is 0 Å². The first-order chi connectivity index (χ1) is 14.5. The number of para-hydroxylation sites is 2. The quantitative estimate of drug-likeness (QED) is 0.293. The van der Waals surface area contributed by atoms with E-state index in [1.54, 1.807) is 24.3 Å². The molecular formula is C23H14Cl4N2O. The molecule has 0 saturated carbocycles. The smallest absolute Gasteiger partial charge is 0.240 e. The molecule has 150 valence electrons. The van der Waals surface area contributed by atoms with Crippen LogP contribution in [0.25, 0.3) is 23.2 Å². The number of hydrogen-bond acceptors (Lipinski definition) is 3. The molecule has 0 aliphatic rings. The number of rotatable bonds is 5. The molecule has 1 heterocycles. The van der Waals surface area contributed by atoms with Crippen LogP contribution in [0.2, 0.25) is 20.1 Å². The highest BCUT2D eigenvalue weighted by molar-refractivity contribution is 6.42. The van der Waals surface area contributed by atoms with Gasteiger partial charge in [0.05, 0.1) is 21.1 Å². The minimum Gasteiger partial charge on any atom is -0.471 e. The second kappa shape index (κ2) is 9.23. The first-order valence-corrected chi connectivity index (χ1v) is 10.5. The van der Waals surface area contributed by atoms with Crippen molar-refractivity contribution in [2.45, 2.75) is 6.61 Å². The summed E-state index contributed by atoms with van der Waals surface area (Å²) in [4.78, 5) is 9.32. The zero-order chi connectivity index (χ0) is 21.1. The fraction of sp³-hybridized carbons (Fsp3) is 0.0435. The Labute approximate surface area is 193 Å². The predicted octanol–water partition coefficient (Wildman–Crippen LogP) is 7.99. The lowest BCUT2D eigenvalue weighted by Gasteiger charge is -2.10. The third kappa shape index (κ3) is 4.88. The molecule has 0 aliphatic heterocycles. The van der Waals surface area contributed by atoms with Gasteiger partial charge in [-0.15, -0.1) is 0 Å². The van der Waals surface area contributed by atoms with E-state index in [1.165, 1.54) is 0 Å². The molecule has 0 atom stereocenters. The number of nitrogens with zero attached hydrogens (tertiary/aromatic N) is 2. The minimum atomic E-state index is 0.270. The van der Waals surface area contributed by atoms with E-state index in [4.69, 9.17) is 56.1 Å². The second-order valence-electron chi connectivity index (χ2n) is 6.44. The van der Waals surface area contributed by atoms with Crippen molar-refractivity contribution in [3.05, 3.63) is 97.6 Å². The van der Waals surface area contributed by atoms with E-state index in [0.717, 1.165) is 22.2 Å². The largest absolute Gasteiger partial charge is 0.471 e. The molecule has 4 rings (SSSR count). The van der Waals surface area contributed by atoms with Crippen LogP contribution in [-0.4, -0.2) is 9.97 Å². The average molecular weight is 476 g/mol. The zero-order valence-corrected chi connectivity index (χ0v) is 18.5. The lowest BCUT2D eigenvalue weighted by molar-refractivity contribution is 0.293. The van der Waals surface area contributed by atoms with E-state index < -0.39 is 0 Å². The number of fused-ring (bicyclic) bond motifs is 1. The van der Waals surface area contributed by atoms with Crippen LogP contribution >= 0.6 is 46.4 Å². The van der Waals surface area contributed by atoms with Gasteiger partial charge < -0.3 is 4.74 Å². The Bertz CT molecular complexity index is 1260. The standard InChI is InChI=1S/C23H14Cl4N2O/c24-16-8-6-15(18(26)12-16)7-10-22-23(29-21-4-2-1-3-20(21)28-22)30-13-14-5-9-17(25)19(27)11-14/h1-12H,13H2. The van der Waals surface area contributed by atoms with E-state index in [9.17, 15) is 0 Å². The number of aromatic nitrogens is 2. The Morgan fingerprint density at radius 3 is 2.23 bits per heavy atom. The van der Waals surface area contributed by atoms with Gasteiger partial charge in [0.1, 0.15) is 12.3 Å². The summed E-state index contributed by atoms with van der Waals surface area (Å²) in [6, 6.07) is 18.3. The number of halogens is 4. The predicted molar refractivity (Wildman–Crippen MR) is 126 cm³/mol. The van der Waals surface area contributed by atoms with Gasteiger partial charge in [-0.1, -0.05) is 76.7 Å². The number of benzene rings is 3. The van der Waals surface area contributed by atoms with E-state index in [0.29, 0.717) is 31.7 Å². The molecule has 1 aromatic heterocycles. The fourth-order valence-electron chi connectivity index (χ4n) is 2.80. The van der Waals surface area contributed by atoms with Gasteiger partial charge >= 0.3 is 0 Å². The van der Waals surface area contributed by atoms with Crippen LogP contribution in [0.4, 0.5) is 0 Å². The molecule has 0 amide bonds. The average Bonchev–Trinajstić information content (AvgIpc) is 2.73. The number of ether oxygens (including phenoxy) is 1. The van der Waals surface area contributed by atoms with Crippen molar-refractivity contribution in [1.29, 1.82) is 0 Å². The van der Waals surface area contributed by atoms with Crippen molar-refractivity contribution in [2.75, 3.05) is 0 Å². The van der Waals surface area contributed by atoms with Gasteiger partial charge in [-0.25, -0.2) is 9.97 Å². The minimum absolute atomic E-state index is 0.270. The maximum Gasteiger partial charge on any atom is 0.240 e. The van der Waals surface area contributed by atoms with E-state index in [2.05, 4.69) is 4.98 Å². The molecule has 3 nitrogen and oxygen atoms in total. The fourth-order valence-corrected chi connectivity index (χ4v) is 3.59. The third-order valence-corrected chi connectivity index (χ3v) is 5.61. The van der Waals surface area contributed by atoms with E-state index in [1.807, 2.05) is 48.6 Å². The maximum atomic E-state index is 6.27. The highest BCUT2D eigenvalue weighted by Crippen LogP contribution is 2.27. The van der Waals surface area contributed by atoms with Gasteiger partial charge in [0.25, 0.3) is 0 Å². The first-order valence-electron chi connectivity index (χ1n) is 8.96. The summed E-state index contributed by atoms with van der Waals surface area (Å²) >= 11 is 24.3. The van der Waals surface area contributed by atoms with E-state index >= 15 is 0 Å². The summed E-state index contributed by atoms with van der Waals surface area (Å²) in [5, 5.41) is 2.09. The molecule has 7 heteroatoms. The monoisotopic (exact) mass is 474 g/mol. The van der Waals surface area contributed by atoms with E-state index in [-0.39, 0.29) is 6.61 Å². The summed E-state index contributed by atoms with van der Waals surface area (Å²) in [5.41, 5.74) is 3.77. The Hall–Kier alpha value is -2.30. The van der Waals surface area contributed by atoms with Gasteiger partial charge in [-0.2, -0.15) is 0 Å². The highest BCUT2D eigenvalue weighted by Gasteiger charge is 2.10. The molecule has 0 saturated heterocycles. The Morgan fingerprint density at radius 2 is 1.50 bits per heavy atom. The summed E-state index contributed by atoms with van der Waals surface area (Å²) in [6.07, 6.45) is 3.67. The van der Waals surface area contributed by atoms with Crippen molar-refractivity contribution in [3.63, 3.8) is 0 Å². The van der Waals surface area contributed by atoms with Gasteiger partial charge in [0.2, 0.25) is 5.88 Å². The highest BCUT2D eigenvalue weighted by atomic mass is 35.5.